The second kappa shape index (κ2) is 8.40. The van der Waals surface area contributed by atoms with Crippen LogP contribution in [-0.2, 0) is 24.6 Å². The predicted molar refractivity (Wildman–Crippen MR) is 113 cm³/mol. The number of nitrogens with zero attached hydrogens (tertiary/aromatic N) is 5. The molecule has 0 aliphatic carbocycles. The van der Waals surface area contributed by atoms with E-state index in [9.17, 15) is 32.7 Å². The highest BCUT2D eigenvalue weighted by Gasteiger charge is 2.36. The van der Waals surface area contributed by atoms with E-state index in [-0.39, 0.29) is 35.4 Å². The Bertz CT molecular complexity index is 1390. The molecule has 1 aromatic carbocycles. The van der Waals surface area contributed by atoms with Gasteiger partial charge in [-0.15, -0.1) is 0 Å². The van der Waals surface area contributed by atoms with E-state index in [1.807, 2.05) is 0 Å². The molecule has 0 bridgehead atoms. The van der Waals surface area contributed by atoms with Crippen LogP contribution in [0.3, 0.4) is 0 Å². The standard InChI is InChI=1S/C21H22F3N5O5/c1-11(2)29-17-15(18(31)26(3)20(29)33)16(19(32)28-9-13(30)10-34-28)27(25-17)8-12-6-4-5-7-14(12)21(22,23)24/h4-7,11,13,30H,8-10H2,1-3H3. The van der Waals surface area contributed by atoms with Gasteiger partial charge in [-0.1, -0.05) is 18.2 Å². The van der Waals surface area contributed by atoms with E-state index in [0.717, 1.165) is 20.4 Å². The molecular weight excluding hydrogens is 459 g/mol. The summed E-state index contributed by atoms with van der Waals surface area (Å²) in [6.45, 7) is 2.48. The van der Waals surface area contributed by atoms with Crippen LogP contribution in [0.15, 0.2) is 33.9 Å². The van der Waals surface area contributed by atoms with Gasteiger partial charge < -0.3 is 5.11 Å². The van der Waals surface area contributed by atoms with Gasteiger partial charge in [-0.25, -0.2) is 9.86 Å². The van der Waals surface area contributed by atoms with Crippen LogP contribution in [0.25, 0.3) is 11.0 Å². The fraction of sp³-hybridized carbons (Fsp3) is 0.429. The number of aromatic nitrogens is 4. The minimum Gasteiger partial charge on any atom is -0.389 e. The van der Waals surface area contributed by atoms with Crippen LogP contribution in [0.5, 0.6) is 0 Å². The molecule has 3 heterocycles. The largest absolute Gasteiger partial charge is 0.416 e. The van der Waals surface area contributed by atoms with Crippen molar-refractivity contribution >= 4 is 16.9 Å². The Morgan fingerprint density at radius 1 is 1.26 bits per heavy atom. The van der Waals surface area contributed by atoms with E-state index in [2.05, 4.69) is 5.10 Å². The molecule has 1 unspecified atom stereocenters. The molecule has 13 heteroatoms. The molecule has 1 atom stereocenters. The quantitative estimate of drug-likeness (QED) is 0.601. The minimum absolute atomic E-state index is 0.129. The first-order valence-corrected chi connectivity index (χ1v) is 10.4. The number of fused-ring (bicyclic) bond motifs is 1. The number of carbonyl (C=O) groups excluding carboxylic acids is 1. The summed E-state index contributed by atoms with van der Waals surface area (Å²) in [4.78, 5) is 44.4. The van der Waals surface area contributed by atoms with Crippen molar-refractivity contribution in [2.24, 2.45) is 7.05 Å². The van der Waals surface area contributed by atoms with Crippen molar-refractivity contribution in [2.45, 2.75) is 38.7 Å². The second-order valence-electron chi connectivity index (χ2n) is 8.29. The van der Waals surface area contributed by atoms with Gasteiger partial charge >= 0.3 is 11.9 Å². The van der Waals surface area contributed by atoms with E-state index in [1.165, 1.54) is 29.8 Å². The lowest BCUT2D eigenvalue weighted by Gasteiger charge is -2.17. The third-order valence-corrected chi connectivity index (χ3v) is 5.56. The zero-order chi connectivity index (χ0) is 24.9. The molecule has 10 nitrogen and oxygen atoms in total. The van der Waals surface area contributed by atoms with Crippen LogP contribution in [0.1, 0.15) is 41.5 Å². The fourth-order valence-corrected chi connectivity index (χ4v) is 3.95. The summed E-state index contributed by atoms with van der Waals surface area (Å²) in [7, 11) is 1.24. The summed E-state index contributed by atoms with van der Waals surface area (Å²) in [6, 6.07) is 4.33. The van der Waals surface area contributed by atoms with E-state index in [0.29, 0.717) is 0 Å². The number of carbonyl (C=O) groups is 1. The lowest BCUT2D eigenvalue weighted by Crippen LogP contribution is -2.39. The molecule has 182 valence electrons. The molecule has 1 aliphatic heterocycles. The third kappa shape index (κ3) is 3.90. The number of hydrogen-bond donors (Lipinski definition) is 1. The molecule has 1 saturated heterocycles. The first-order valence-electron chi connectivity index (χ1n) is 10.4. The molecule has 0 spiro atoms. The van der Waals surface area contributed by atoms with Crippen LogP contribution in [0.4, 0.5) is 13.2 Å². The number of hydrogen-bond acceptors (Lipinski definition) is 6. The van der Waals surface area contributed by atoms with Gasteiger partial charge in [0.25, 0.3) is 11.5 Å². The molecule has 3 aromatic rings. The van der Waals surface area contributed by atoms with Crippen molar-refractivity contribution in [3.8, 4) is 0 Å². The number of alkyl halides is 3. The molecule has 0 saturated carbocycles. The molecule has 1 N–H and O–H groups in total. The highest BCUT2D eigenvalue weighted by molar-refractivity contribution is 6.03. The first kappa shape index (κ1) is 23.7. The summed E-state index contributed by atoms with van der Waals surface area (Å²) >= 11 is 0. The van der Waals surface area contributed by atoms with E-state index >= 15 is 0 Å². The van der Waals surface area contributed by atoms with Crippen molar-refractivity contribution in [3.63, 3.8) is 0 Å². The Kier molecular flexibility index (Phi) is 5.85. The van der Waals surface area contributed by atoms with Crippen molar-refractivity contribution in [1.82, 2.24) is 24.0 Å². The Labute approximate surface area is 190 Å². The Balaban J connectivity index is 2.01. The van der Waals surface area contributed by atoms with Gasteiger partial charge in [0.05, 0.1) is 18.7 Å². The van der Waals surface area contributed by atoms with Crippen LogP contribution in [0, 0.1) is 0 Å². The molecule has 34 heavy (non-hydrogen) atoms. The number of amides is 1. The zero-order valence-corrected chi connectivity index (χ0v) is 18.5. The molecule has 0 radical (unpaired) electrons. The van der Waals surface area contributed by atoms with Gasteiger partial charge in [-0.05, 0) is 25.5 Å². The number of aliphatic hydroxyl groups is 1. The summed E-state index contributed by atoms with van der Waals surface area (Å²) in [6.07, 6.45) is -5.62. The van der Waals surface area contributed by atoms with Gasteiger partial charge in [0.1, 0.15) is 23.8 Å². The molecule has 1 amide bonds. The van der Waals surface area contributed by atoms with Crippen LogP contribution in [0.2, 0.25) is 0 Å². The monoisotopic (exact) mass is 481 g/mol. The Morgan fingerprint density at radius 3 is 2.53 bits per heavy atom. The molecule has 2 aromatic heterocycles. The number of rotatable bonds is 4. The SMILES string of the molecule is CC(C)n1c(=O)n(C)c(=O)c2c(C(=O)N3CC(O)CO3)n(Cc3ccccc3C(F)(F)F)nc21. The molecular formula is C21H22F3N5O5. The highest BCUT2D eigenvalue weighted by atomic mass is 19.4. The summed E-state index contributed by atoms with van der Waals surface area (Å²) in [5, 5.41) is 14.6. The van der Waals surface area contributed by atoms with Crippen molar-refractivity contribution < 1.29 is 27.9 Å². The maximum Gasteiger partial charge on any atom is 0.416 e. The van der Waals surface area contributed by atoms with E-state index in [1.54, 1.807) is 13.8 Å². The highest BCUT2D eigenvalue weighted by Crippen LogP contribution is 2.32. The third-order valence-electron chi connectivity index (χ3n) is 5.56. The molecule has 1 fully saturated rings. The first-order chi connectivity index (χ1) is 15.9. The smallest absolute Gasteiger partial charge is 0.389 e. The van der Waals surface area contributed by atoms with E-state index < -0.39 is 47.6 Å². The average molecular weight is 481 g/mol. The Hall–Kier alpha value is -3.45. The predicted octanol–water partition coefficient (Wildman–Crippen LogP) is 1.29. The van der Waals surface area contributed by atoms with Gasteiger partial charge in [-0.3, -0.25) is 28.2 Å². The average Bonchev–Trinajstić information content (AvgIpc) is 3.35. The maximum absolute atomic E-state index is 13.6. The van der Waals surface area contributed by atoms with Crippen LogP contribution in [-0.4, -0.2) is 54.2 Å². The maximum atomic E-state index is 13.6. The summed E-state index contributed by atoms with van der Waals surface area (Å²) in [5.74, 6) is -0.866. The second-order valence-corrected chi connectivity index (χ2v) is 8.29. The minimum atomic E-state index is -4.66. The van der Waals surface area contributed by atoms with Gasteiger partial charge in [0, 0.05) is 13.1 Å². The van der Waals surface area contributed by atoms with Crippen molar-refractivity contribution in [3.05, 3.63) is 61.9 Å². The number of aliphatic hydroxyl groups excluding tert-OH is 1. The van der Waals surface area contributed by atoms with Gasteiger partial charge in [-0.2, -0.15) is 18.3 Å². The number of benzene rings is 1. The normalized spacial score (nSPS) is 16.7. The number of halogens is 3. The summed E-state index contributed by atoms with van der Waals surface area (Å²) < 4.78 is 43.8. The fourth-order valence-electron chi connectivity index (χ4n) is 3.95. The van der Waals surface area contributed by atoms with Crippen LogP contribution >= 0.6 is 0 Å². The lowest BCUT2D eigenvalue weighted by atomic mass is 10.1. The summed E-state index contributed by atoms with van der Waals surface area (Å²) in [5.41, 5.74) is -3.08. The number of hydroxylamine groups is 2. The zero-order valence-electron chi connectivity index (χ0n) is 18.5. The lowest BCUT2D eigenvalue weighted by molar-refractivity contribution is -0.138. The molecule has 1 aliphatic rings. The number of β-amino-alcohol motifs (C(OH)–C–C–N with tert-alkyl or cyclic N) is 1. The topological polar surface area (TPSA) is 112 Å². The molecule has 4 rings (SSSR count). The van der Waals surface area contributed by atoms with E-state index in [4.69, 9.17) is 4.84 Å². The van der Waals surface area contributed by atoms with Gasteiger partial charge in [0.2, 0.25) is 0 Å². The van der Waals surface area contributed by atoms with Crippen molar-refractivity contribution in [2.75, 3.05) is 13.2 Å². The van der Waals surface area contributed by atoms with Gasteiger partial charge in [0.15, 0.2) is 5.65 Å². The Morgan fingerprint density at radius 2 is 1.94 bits per heavy atom. The van der Waals surface area contributed by atoms with Crippen LogP contribution < -0.4 is 11.2 Å². The van der Waals surface area contributed by atoms with Crippen molar-refractivity contribution in [1.29, 1.82) is 0 Å².